The molecule has 0 atom stereocenters. The third-order valence-electron chi connectivity index (χ3n) is 1.84. The Kier molecular flexibility index (Phi) is 1.68. The predicted octanol–water partition coefficient (Wildman–Crippen LogP) is 0.493. The van der Waals surface area contributed by atoms with Crippen LogP contribution in [0.1, 0.15) is 0 Å². The van der Waals surface area contributed by atoms with Crippen LogP contribution in [0.3, 0.4) is 0 Å². The van der Waals surface area contributed by atoms with Crippen molar-refractivity contribution >= 4 is 18.1 Å². The quantitative estimate of drug-likeness (QED) is 0.403. The van der Waals surface area contributed by atoms with E-state index in [9.17, 15) is 26.3 Å². The normalized spacial score (nSPS) is 27.8. The van der Waals surface area contributed by atoms with Crippen molar-refractivity contribution < 1.29 is 26.3 Å². The Balaban J connectivity index is 2.85. The van der Waals surface area contributed by atoms with E-state index in [2.05, 4.69) is 0 Å². The van der Waals surface area contributed by atoms with E-state index in [-0.39, 0.29) is 0 Å². The van der Waals surface area contributed by atoms with Crippen LogP contribution in [0.15, 0.2) is 0 Å². The van der Waals surface area contributed by atoms with Crippen molar-refractivity contribution in [2.75, 3.05) is 0 Å². The largest absolute Gasteiger partial charge is 0.396 e. The Morgan fingerprint density at radius 1 is 0.727 bits per heavy atom. The molecule has 66 valence electrons. The summed E-state index contributed by atoms with van der Waals surface area (Å²) >= 11 is 0. The van der Waals surface area contributed by atoms with Gasteiger partial charge in [-0.2, -0.15) is 26.3 Å². The van der Waals surface area contributed by atoms with E-state index in [1.807, 2.05) is 0 Å². The van der Waals surface area contributed by atoms with Crippen LogP contribution in [-0.4, -0.2) is 30.4 Å². The van der Waals surface area contributed by atoms with Gasteiger partial charge in [0.15, 0.2) is 0 Å². The Morgan fingerprint density at radius 2 is 1.00 bits per heavy atom. The zero-order chi connectivity index (χ0) is 8.91. The van der Waals surface area contributed by atoms with E-state index in [0.717, 1.165) is 0 Å². The number of rotatable bonds is 0. The minimum absolute atomic E-state index is 1.85. The first-order valence-corrected chi connectivity index (χ1v) is 8.26. The maximum absolute atomic E-state index is 11.7. The Labute approximate surface area is 62.4 Å². The van der Waals surface area contributed by atoms with Gasteiger partial charge in [0.05, 0.1) is 0 Å². The van der Waals surface area contributed by atoms with Crippen molar-refractivity contribution in [1.29, 1.82) is 0 Å². The molecule has 0 radical (unpaired) electrons. The van der Waals surface area contributed by atoms with Gasteiger partial charge in [0.25, 0.3) is 0 Å². The molecular weight excluding hydrogens is 206 g/mol. The van der Waals surface area contributed by atoms with Gasteiger partial charge in [-0.3, -0.25) is 0 Å². The molecule has 0 saturated carbocycles. The Bertz CT molecular complexity index is 148. The summed E-state index contributed by atoms with van der Waals surface area (Å²) in [6.07, 6.45) is -10.0. The van der Waals surface area contributed by atoms with Crippen molar-refractivity contribution in [3.05, 3.63) is 0 Å². The van der Waals surface area contributed by atoms with Gasteiger partial charge < -0.3 is 0 Å². The lowest BCUT2D eigenvalue weighted by molar-refractivity contribution is -0.241. The molecule has 0 bridgehead atoms. The Hall–Kier alpha value is 0.0138. The average molecular weight is 210 g/mol. The number of alkyl halides is 6. The molecule has 0 aromatic rings. The minimum Gasteiger partial charge on any atom is -0.171 e. The first-order chi connectivity index (χ1) is 4.71. The summed E-state index contributed by atoms with van der Waals surface area (Å²) in [5, 5.41) is 0. The molecule has 0 aliphatic carbocycles. The first-order valence-electron chi connectivity index (χ1n) is 2.84. The van der Waals surface area contributed by atoms with Crippen LogP contribution in [0, 0.1) is 0 Å². The van der Waals surface area contributed by atoms with Crippen molar-refractivity contribution in [2.24, 2.45) is 0 Å². The van der Waals surface area contributed by atoms with E-state index >= 15 is 0 Å². The van der Waals surface area contributed by atoms with E-state index in [1.54, 1.807) is 0 Å². The maximum atomic E-state index is 11.7. The van der Waals surface area contributed by atoms with Crippen molar-refractivity contribution in [2.45, 2.75) is 17.0 Å². The zero-order valence-electron chi connectivity index (χ0n) is 5.18. The molecule has 0 unspecified atom stereocenters. The number of hydrogen-bond donors (Lipinski definition) is 0. The fraction of sp³-hybridized carbons (Fsp3) is 1.00. The van der Waals surface area contributed by atoms with Crippen LogP contribution in [-0.2, 0) is 0 Å². The fourth-order valence-corrected chi connectivity index (χ4v) is 6.39. The summed E-state index contributed by atoms with van der Waals surface area (Å²) in [5.74, 6) is 0. The topological polar surface area (TPSA) is 0 Å². The SMILES string of the molecule is FC(F)(F)C1(C(F)(F)F)[SiH2][SiH2]1. The van der Waals surface area contributed by atoms with Gasteiger partial charge in [0, 0.05) is 18.1 Å². The van der Waals surface area contributed by atoms with Crippen LogP contribution in [0.4, 0.5) is 26.3 Å². The molecule has 8 heteroatoms. The molecule has 0 N–H and O–H groups in total. The molecule has 0 aromatic heterocycles. The van der Waals surface area contributed by atoms with Gasteiger partial charge >= 0.3 is 12.4 Å². The number of halogens is 6. The van der Waals surface area contributed by atoms with Crippen LogP contribution in [0.2, 0.25) is 4.66 Å². The standard InChI is InChI=1S/C3H4F6Si2/c4-2(5,6)1(10-11-1)3(7,8)9/h10-11H2. The summed E-state index contributed by atoms with van der Waals surface area (Å²) in [7, 11) is -3.69. The molecular formula is C3H4F6Si2. The lowest BCUT2D eigenvalue weighted by Gasteiger charge is -2.22. The first kappa shape index (κ1) is 9.10. The smallest absolute Gasteiger partial charge is 0.171 e. The molecule has 1 heterocycles. The molecule has 1 fully saturated rings. The average Bonchev–Trinajstić information content (AvgIpc) is 2.31. The van der Waals surface area contributed by atoms with Gasteiger partial charge in [0.1, 0.15) is 4.66 Å². The summed E-state index contributed by atoms with van der Waals surface area (Å²) in [6.45, 7) is 0. The van der Waals surface area contributed by atoms with Crippen LogP contribution in [0.5, 0.6) is 0 Å². The zero-order valence-corrected chi connectivity index (χ0v) is 8.01. The van der Waals surface area contributed by atoms with Gasteiger partial charge in [-0.25, -0.2) is 0 Å². The summed E-state index contributed by atoms with van der Waals surface area (Å²) in [6, 6.07) is 0. The summed E-state index contributed by atoms with van der Waals surface area (Å²) in [5.41, 5.74) is 0. The third-order valence-corrected chi connectivity index (χ3v) is 9.44. The molecule has 11 heavy (non-hydrogen) atoms. The molecule has 0 spiro atoms. The molecule has 1 aliphatic rings. The van der Waals surface area contributed by atoms with E-state index in [4.69, 9.17) is 0 Å². The van der Waals surface area contributed by atoms with Gasteiger partial charge in [-0.15, -0.1) is 0 Å². The highest BCUT2D eigenvalue weighted by Gasteiger charge is 2.77. The fourth-order valence-electron chi connectivity index (χ4n) is 0.853. The highest BCUT2D eigenvalue weighted by atomic mass is 29.2. The maximum Gasteiger partial charge on any atom is 0.396 e. The van der Waals surface area contributed by atoms with Crippen LogP contribution in [0.25, 0.3) is 0 Å². The minimum atomic E-state index is -5.01. The van der Waals surface area contributed by atoms with E-state index < -0.39 is 35.1 Å². The molecule has 1 saturated heterocycles. The van der Waals surface area contributed by atoms with Gasteiger partial charge in [0.2, 0.25) is 0 Å². The van der Waals surface area contributed by atoms with E-state index in [1.165, 1.54) is 0 Å². The molecule has 0 aromatic carbocycles. The summed E-state index contributed by atoms with van der Waals surface area (Å²) < 4.78 is 67.4. The number of hydrogen-bond acceptors (Lipinski definition) is 0. The highest BCUT2D eigenvalue weighted by molar-refractivity contribution is 7.25. The molecule has 0 amide bonds. The molecule has 0 nitrogen and oxygen atoms in total. The highest BCUT2D eigenvalue weighted by Crippen LogP contribution is 2.61. The van der Waals surface area contributed by atoms with Crippen molar-refractivity contribution in [3.8, 4) is 0 Å². The van der Waals surface area contributed by atoms with Crippen LogP contribution >= 0.6 is 0 Å². The van der Waals surface area contributed by atoms with Gasteiger partial charge in [-0.05, 0) is 0 Å². The lowest BCUT2D eigenvalue weighted by atomic mass is 10.4. The Morgan fingerprint density at radius 3 is 1.00 bits per heavy atom. The lowest BCUT2D eigenvalue weighted by Crippen LogP contribution is -2.35. The molecule has 1 aliphatic heterocycles. The molecule has 1 rings (SSSR count). The second-order valence-corrected chi connectivity index (χ2v) is 9.99. The summed E-state index contributed by atoms with van der Waals surface area (Å²) in [4.78, 5) is 0. The second-order valence-electron chi connectivity index (χ2n) is 2.58. The van der Waals surface area contributed by atoms with Crippen LogP contribution < -0.4 is 0 Å². The van der Waals surface area contributed by atoms with Crippen molar-refractivity contribution in [1.82, 2.24) is 0 Å². The van der Waals surface area contributed by atoms with E-state index in [0.29, 0.717) is 0 Å². The monoisotopic (exact) mass is 210 g/mol. The second kappa shape index (κ2) is 2.03. The predicted molar refractivity (Wildman–Crippen MR) is 31.9 cm³/mol. The van der Waals surface area contributed by atoms with Gasteiger partial charge in [-0.1, -0.05) is 0 Å². The van der Waals surface area contributed by atoms with Crippen molar-refractivity contribution in [3.63, 3.8) is 0 Å². The third kappa shape index (κ3) is 1.21.